The molecule has 3 heterocycles. The van der Waals surface area contributed by atoms with Crippen molar-refractivity contribution in [2.45, 2.75) is 20.4 Å². The van der Waals surface area contributed by atoms with Crippen molar-refractivity contribution in [3.05, 3.63) is 36.4 Å². The highest BCUT2D eigenvalue weighted by Gasteiger charge is 2.23. The molecule has 0 bridgehead atoms. The number of aromatic amines is 1. The van der Waals surface area contributed by atoms with Crippen LogP contribution < -0.4 is 11.4 Å². The Hall–Kier alpha value is -1.65. The Morgan fingerprint density at radius 3 is 2.74 bits per heavy atom. The van der Waals surface area contributed by atoms with Crippen molar-refractivity contribution in [1.29, 1.82) is 0 Å². The van der Waals surface area contributed by atoms with E-state index in [0.717, 1.165) is 20.7 Å². The maximum atomic E-state index is 12.3. The molecule has 10 heteroatoms. The number of halogens is 2. The third-order valence-electron chi connectivity index (χ3n) is 3.74. The lowest BCUT2D eigenvalue weighted by Crippen LogP contribution is -2.31. The molecule has 2 aromatic heterocycles. The minimum atomic E-state index is -0.350. The smallest absolute Gasteiger partial charge is 0.328 e. The number of rotatable bonds is 2. The highest BCUT2D eigenvalue weighted by Crippen LogP contribution is 2.31. The number of nitrogen functional groups attached to an aromatic ring is 1. The molecule has 23 heavy (non-hydrogen) atoms. The zero-order valence-electron chi connectivity index (χ0n) is 12.4. The molecule has 1 aliphatic rings. The predicted octanol–water partition coefficient (Wildman–Crippen LogP) is 2.11. The van der Waals surface area contributed by atoms with Crippen LogP contribution in [0, 0.1) is 0 Å². The summed E-state index contributed by atoms with van der Waals surface area (Å²) < 4.78 is 2.77. The monoisotopic (exact) mass is 444 g/mol. The zero-order valence-corrected chi connectivity index (χ0v) is 15.6. The zero-order chi connectivity index (χ0) is 16.9. The van der Waals surface area contributed by atoms with Crippen molar-refractivity contribution < 1.29 is 5.21 Å². The van der Waals surface area contributed by atoms with Crippen molar-refractivity contribution >= 4 is 49.0 Å². The molecule has 3 rings (SSSR count). The van der Waals surface area contributed by atoms with Crippen LogP contribution in [-0.4, -0.2) is 36.3 Å². The number of anilines is 1. The van der Waals surface area contributed by atoms with Crippen molar-refractivity contribution in [3.63, 3.8) is 0 Å². The quantitative estimate of drug-likeness (QED) is 0.610. The van der Waals surface area contributed by atoms with Crippen LogP contribution in [0.25, 0.3) is 11.2 Å². The van der Waals surface area contributed by atoms with Gasteiger partial charge in [0.15, 0.2) is 5.65 Å². The Labute approximate surface area is 147 Å². The lowest BCUT2D eigenvalue weighted by atomic mass is 10.1. The van der Waals surface area contributed by atoms with Gasteiger partial charge < -0.3 is 10.7 Å². The molecule has 4 N–H and O–H groups in total. The van der Waals surface area contributed by atoms with Crippen molar-refractivity contribution in [3.8, 4) is 0 Å². The Kier molecular flexibility index (Phi) is 4.07. The van der Waals surface area contributed by atoms with Gasteiger partial charge in [-0.3, -0.25) is 14.8 Å². The molecule has 0 amide bonds. The van der Waals surface area contributed by atoms with Gasteiger partial charge in [0.2, 0.25) is 5.95 Å². The summed E-state index contributed by atoms with van der Waals surface area (Å²) in [6, 6.07) is 0. The van der Waals surface area contributed by atoms with Gasteiger partial charge in [-0.1, -0.05) is 15.9 Å². The number of nitrogens with zero attached hydrogens (tertiary/aromatic N) is 4. The fourth-order valence-electron chi connectivity index (χ4n) is 2.54. The van der Waals surface area contributed by atoms with Gasteiger partial charge >= 0.3 is 5.69 Å². The van der Waals surface area contributed by atoms with Crippen LogP contribution in [0.15, 0.2) is 30.7 Å². The Morgan fingerprint density at radius 1 is 1.35 bits per heavy atom. The van der Waals surface area contributed by atoms with Gasteiger partial charge in [-0.2, -0.15) is 4.98 Å². The number of aromatic nitrogens is 4. The first-order valence-corrected chi connectivity index (χ1v) is 8.31. The van der Waals surface area contributed by atoms with E-state index < -0.39 is 0 Å². The molecule has 2 aromatic rings. The summed E-state index contributed by atoms with van der Waals surface area (Å²) in [5.41, 5.74) is 8.64. The predicted molar refractivity (Wildman–Crippen MR) is 93.1 cm³/mol. The van der Waals surface area contributed by atoms with Gasteiger partial charge in [0, 0.05) is 4.48 Å². The van der Waals surface area contributed by atoms with Crippen LogP contribution in [0.5, 0.6) is 0 Å². The molecular weight excluding hydrogens is 432 g/mol. The summed E-state index contributed by atoms with van der Waals surface area (Å²) in [7, 11) is 0. The summed E-state index contributed by atoms with van der Waals surface area (Å²) in [6.45, 7) is 4.33. The molecule has 1 aliphatic heterocycles. The lowest BCUT2D eigenvalue weighted by Gasteiger charge is -2.28. The van der Waals surface area contributed by atoms with Crippen molar-refractivity contribution in [1.82, 2.24) is 24.6 Å². The third-order valence-corrected chi connectivity index (χ3v) is 5.58. The largest absolute Gasteiger partial charge is 0.368 e. The summed E-state index contributed by atoms with van der Waals surface area (Å²) in [5.74, 6) is 0.0595. The molecule has 0 aliphatic carbocycles. The van der Waals surface area contributed by atoms with E-state index in [0.29, 0.717) is 28.0 Å². The van der Waals surface area contributed by atoms with Crippen LogP contribution in [0.4, 0.5) is 5.95 Å². The molecule has 122 valence electrons. The van der Waals surface area contributed by atoms with Crippen LogP contribution in [-0.2, 0) is 6.54 Å². The molecule has 8 nitrogen and oxygen atoms in total. The third kappa shape index (κ3) is 2.70. The van der Waals surface area contributed by atoms with E-state index >= 15 is 0 Å². The summed E-state index contributed by atoms with van der Waals surface area (Å²) in [5, 5.41) is 11.4. The van der Waals surface area contributed by atoms with E-state index in [2.05, 4.69) is 46.8 Å². The number of H-pyrrole nitrogens is 1. The maximum Gasteiger partial charge on any atom is 0.328 e. The standard InChI is InChI=1S/C13H14Br2N6O2/c1-5-3-21(23)7(6(2)8(5)14)4-20-11-9(17-13(20)22)10(15)18-12(16)19-11/h23H,3-4H2,1-2H3,(H,17,22)(H2,16,18,19). The van der Waals surface area contributed by atoms with Crippen LogP contribution in [0.1, 0.15) is 13.8 Å². The number of hydrogen-bond donors (Lipinski definition) is 3. The Balaban J connectivity index is 2.16. The molecule has 0 unspecified atom stereocenters. The summed E-state index contributed by atoms with van der Waals surface area (Å²) in [6.07, 6.45) is 0. The normalized spacial score (nSPS) is 16.0. The van der Waals surface area contributed by atoms with Gasteiger partial charge in [0.1, 0.15) is 10.1 Å². The van der Waals surface area contributed by atoms with Gasteiger partial charge in [-0.05, 0) is 40.9 Å². The fraction of sp³-hybridized carbons (Fsp3) is 0.308. The number of hydrogen-bond acceptors (Lipinski definition) is 6. The molecule has 0 aromatic carbocycles. The number of nitrogens with two attached hydrogens (primary N) is 1. The first-order valence-electron chi connectivity index (χ1n) is 6.73. The van der Waals surface area contributed by atoms with E-state index in [1.165, 1.54) is 4.57 Å². The van der Waals surface area contributed by atoms with E-state index in [-0.39, 0.29) is 18.2 Å². The molecule has 0 radical (unpaired) electrons. The van der Waals surface area contributed by atoms with Crippen LogP contribution in [0.2, 0.25) is 0 Å². The van der Waals surface area contributed by atoms with Gasteiger partial charge in [-0.15, -0.1) is 0 Å². The van der Waals surface area contributed by atoms with E-state index in [1.807, 2.05) is 13.8 Å². The number of imidazole rings is 1. The van der Waals surface area contributed by atoms with Crippen LogP contribution >= 0.6 is 31.9 Å². The highest BCUT2D eigenvalue weighted by molar-refractivity contribution is 9.12. The summed E-state index contributed by atoms with van der Waals surface area (Å²) >= 11 is 6.78. The second kappa shape index (κ2) is 5.77. The Bertz CT molecular complexity index is 926. The molecular formula is C13H14Br2N6O2. The Morgan fingerprint density at radius 2 is 2.04 bits per heavy atom. The van der Waals surface area contributed by atoms with Crippen LogP contribution in [0.3, 0.4) is 0 Å². The van der Waals surface area contributed by atoms with Gasteiger partial charge in [0.25, 0.3) is 0 Å². The molecule has 0 saturated carbocycles. The number of allylic oxidation sites excluding steroid dienone is 3. The van der Waals surface area contributed by atoms with E-state index in [4.69, 9.17) is 5.73 Å². The van der Waals surface area contributed by atoms with Gasteiger partial charge in [0.05, 0.1) is 18.8 Å². The maximum absolute atomic E-state index is 12.3. The lowest BCUT2D eigenvalue weighted by molar-refractivity contribution is -0.0534. The highest BCUT2D eigenvalue weighted by atomic mass is 79.9. The topological polar surface area (TPSA) is 113 Å². The number of nitrogens with one attached hydrogen (secondary N) is 1. The molecule has 0 fully saturated rings. The molecule has 0 atom stereocenters. The number of hydroxylamine groups is 2. The number of fused-ring (bicyclic) bond motifs is 1. The average Bonchev–Trinajstić information content (AvgIpc) is 2.78. The average molecular weight is 446 g/mol. The first-order chi connectivity index (χ1) is 10.8. The minimum Gasteiger partial charge on any atom is -0.368 e. The van der Waals surface area contributed by atoms with Crippen molar-refractivity contribution in [2.75, 3.05) is 12.3 Å². The second-order valence-corrected chi connectivity index (χ2v) is 6.86. The van der Waals surface area contributed by atoms with E-state index in [1.54, 1.807) is 0 Å². The molecule has 0 spiro atoms. The van der Waals surface area contributed by atoms with E-state index in [9.17, 15) is 10.0 Å². The fourth-order valence-corrected chi connectivity index (χ4v) is 3.35. The van der Waals surface area contributed by atoms with Gasteiger partial charge in [-0.25, -0.2) is 9.78 Å². The SMILES string of the molecule is CC1=C(Br)C(C)=C(Cn2c(=O)[nH]c3c(Br)nc(N)nc32)N(O)C1. The summed E-state index contributed by atoms with van der Waals surface area (Å²) in [4.78, 5) is 23.1. The minimum absolute atomic E-state index is 0.0595. The second-order valence-electron chi connectivity index (χ2n) is 5.31. The first kappa shape index (κ1) is 16.2. The van der Waals surface area contributed by atoms with Crippen molar-refractivity contribution in [2.24, 2.45) is 0 Å². The molecule has 0 saturated heterocycles.